The molecular formula is C20H22N2O2S2. The number of aryl methyl sites for hydroxylation is 2. The molecule has 0 aliphatic carbocycles. The molecule has 0 saturated heterocycles. The van der Waals surface area contributed by atoms with E-state index in [0.717, 1.165) is 32.8 Å². The van der Waals surface area contributed by atoms with Crippen molar-refractivity contribution in [3.05, 3.63) is 41.0 Å². The third-order valence-electron chi connectivity index (χ3n) is 4.39. The Morgan fingerprint density at radius 1 is 1.27 bits per heavy atom. The zero-order valence-corrected chi connectivity index (χ0v) is 17.0. The molecule has 1 atom stereocenters. The van der Waals surface area contributed by atoms with Crippen molar-refractivity contribution >= 4 is 39.3 Å². The molecular weight excluding hydrogens is 364 g/mol. The molecule has 1 aromatic carbocycles. The number of aromatic nitrogens is 2. The molecule has 0 aliphatic heterocycles. The van der Waals surface area contributed by atoms with Crippen LogP contribution in [0.5, 0.6) is 0 Å². The first-order chi connectivity index (χ1) is 12.5. The molecule has 3 aromatic rings. The van der Waals surface area contributed by atoms with Gasteiger partial charge in [-0.15, -0.1) is 11.3 Å². The molecule has 136 valence electrons. The Labute approximate surface area is 162 Å². The highest BCUT2D eigenvalue weighted by Gasteiger charge is 2.16. The van der Waals surface area contributed by atoms with Crippen LogP contribution in [0.25, 0.3) is 21.3 Å². The first-order valence-corrected chi connectivity index (χ1v) is 10.5. The Hall–Kier alpha value is -1.92. The smallest absolute Gasteiger partial charge is 0.316 e. The number of fused-ring (bicyclic) bond motifs is 1. The summed E-state index contributed by atoms with van der Waals surface area (Å²) in [6.45, 7) is 8.13. The van der Waals surface area contributed by atoms with Crippen LogP contribution in [0.4, 0.5) is 0 Å². The van der Waals surface area contributed by atoms with E-state index in [1.54, 1.807) is 17.7 Å². The highest BCUT2D eigenvalue weighted by molar-refractivity contribution is 8.00. The van der Waals surface area contributed by atoms with Gasteiger partial charge in [-0.2, -0.15) is 0 Å². The van der Waals surface area contributed by atoms with Crippen molar-refractivity contribution in [2.45, 2.75) is 45.2 Å². The lowest BCUT2D eigenvalue weighted by Gasteiger charge is -2.11. The molecule has 0 saturated carbocycles. The molecule has 0 aliphatic rings. The maximum Gasteiger partial charge on any atom is 0.316 e. The van der Waals surface area contributed by atoms with Gasteiger partial charge in [-0.3, -0.25) is 4.79 Å². The molecule has 2 aromatic heterocycles. The van der Waals surface area contributed by atoms with Gasteiger partial charge in [0.2, 0.25) is 0 Å². The van der Waals surface area contributed by atoms with E-state index in [9.17, 15) is 4.79 Å². The van der Waals surface area contributed by atoms with E-state index in [1.165, 1.54) is 22.9 Å². The Morgan fingerprint density at radius 2 is 2.08 bits per heavy atom. The van der Waals surface area contributed by atoms with Crippen LogP contribution in [0.15, 0.2) is 34.9 Å². The summed E-state index contributed by atoms with van der Waals surface area (Å²) >= 11 is 3.01. The van der Waals surface area contributed by atoms with Gasteiger partial charge in [-0.1, -0.05) is 36.9 Å². The molecule has 0 amide bonds. The summed E-state index contributed by atoms with van der Waals surface area (Å²) in [6.07, 6.45) is 2.32. The quantitative estimate of drug-likeness (QED) is 0.322. The minimum atomic E-state index is -0.209. The predicted molar refractivity (Wildman–Crippen MR) is 109 cm³/mol. The van der Waals surface area contributed by atoms with Crippen molar-refractivity contribution in [3.63, 3.8) is 0 Å². The zero-order valence-electron chi connectivity index (χ0n) is 15.4. The first-order valence-electron chi connectivity index (χ1n) is 8.61. The second kappa shape index (κ2) is 8.18. The SMILES string of the molecule is CC[C@H](C)OC(=O)CSc1ncnc2scc(-c3ccc(C)c(C)c3)c12. The third kappa shape index (κ3) is 4.07. The number of carbonyl (C=O) groups is 1. The number of rotatable bonds is 6. The van der Waals surface area contributed by atoms with Crippen molar-refractivity contribution in [1.82, 2.24) is 9.97 Å². The molecule has 0 unspecified atom stereocenters. The van der Waals surface area contributed by atoms with E-state index in [2.05, 4.69) is 47.4 Å². The van der Waals surface area contributed by atoms with E-state index >= 15 is 0 Å². The lowest BCUT2D eigenvalue weighted by atomic mass is 10.0. The van der Waals surface area contributed by atoms with Crippen LogP contribution in [-0.2, 0) is 9.53 Å². The average Bonchev–Trinajstić information content (AvgIpc) is 3.07. The molecule has 0 bridgehead atoms. The lowest BCUT2D eigenvalue weighted by molar-refractivity contribution is -0.144. The summed E-state index contributed by atoms with van der Waals surface area (Å²) in [4.78, 5) is 21.8. The van der Waals surface area contributed by atoms with Crippen molar-refractivity contribution in [1.29, 1.82) is 0 Å². The minimum Gasteiger partial charge on any atom is -0.462 e. The van der Waals surface area contributed by atoms with Crippen LogP contribution in [-0.4, -0.2) is 27.8 Å². The highest BCUT2D eigenvalue weighted by atomic mass is 32.2. The first kappa shape index (κ1) is 18.9. The summed E-state index contributed by atoms with van der Waals surface area (Å²) in [5, 5.41) is 3.96. The van der Waals surface area contributed by atoms with Gasteiger partial charge in [0, 0.05) is 10.9 Å². The molecule has 4 nitrogen and oxygen atoms in total. The van der Waals surface area contributed by atoms with Gasteiger partial charge in [0.1, 0.15) is 16.2 Å². The number of hydrogen-bond donors (Lipinski definition) is 0. The van der Waals surface area contributed by atoms with Gasteiger partial charge in [0.25, 0.3) is 0 Å². The number of esters is 1. The summed E-state index contributed by atoms with van der Waals surface area (Å²) in [5.41, 5.74) is 4.79. The molecule has 0 spiro atoms. The fourth-order valence-corrected chi connectivity index (χ4v) is 4.32. The van der Waals surface area contributed by atoms with Crippen LogP contribution in [0.1, 0.15) is 31.4 Å². The number of carbonyl (C=O) groups excluding carboxylic acids is 1. The van der Waals surface area contributed by atoms with E-state index in [-0.39, 0.29) is 17.8 Å². The van der Waals surface area contributed by atoms with E-state index in [0.29, 0.717) is 0 Å². The maximum absolute atomic E-state index is 12.0. The monoisotopic (exact) mass is 386 g/mol. The Balaban J connectivity index is 1.90. The van der Waals surface area contributed by atoms with Crippen molar-refractivity contribution in [2.24, 2.45) is 0 Å². The van der Waals surface area contributed by atoms with Gasteiger partial charge in [-0.25, -0.2) is 9.97 Å². The van der Waals surface area contributed by atoms with E-state index in [1.807, 2.05) is 13.8 Å². The molecule has 26 heavy (non-hydrogen) atoms. The number of ether oxygens (including phenoxy) is 1. The zero-order chi connectivity index (χ0) is 18.7. The summed E-state index contributed by atoms with van der Waals surface area (Å²) < 4.78 is 5.36. The summed E-state index contributed by atoms with van der Waals surface area (Å²) in [5.74, 6) is 0.0395. The summed E-state index contributed by atoms with van der Waals surface area (Å²) in [6, 6.07) is 6.45. The normalized spacial score (nSPS) is 12.3. The predicted octanol–water partition coefficient (Wildman–Crippen LogP) is 5.41. The number of benzene rings is 1. The largest absolute Gasteiger partial charge is 0.462 e. The molecule has 0 radical (unpaired) electrons. The minimum absolute atomic E-state index is 0.0549. The standard InChI is InChI=1S/C20H22N2O2S2/c1-5-14(4)24-17(23)10-26-20-18-16(9-25-19(18)21-11-22-20)15-7-6-12(2)13(3)8-15/h6-9,11,14H,5,10H2,1-4H3/t14-/m0/s1. The van der Waals surface area contributed by atoms with Crippen molar-refractivity contribution in [2.75, 3.05) is 5.75 Å². The van der Waals surface area contributed by atoms with Crippen LogP contribution >= 0.6 is 23.1 Å². The topological polar surface area (TPSA) is 52.1 Å². The maximum atomic E-state index is 12.0. The summed E-state index contributed by atoms with van der Waals surface area (Å²) in [7, 11) is 0. The Kier molecular flexibility index (Phi) is 5.94. The van der Waals surface area contributed by atoms with Crippen molar-refractivity contribution in [3.8, 4) is 11.1 Å². The fourth-order valence-electron chi connectivity index (χ4n) is 2.55. The van der Waals surface area contributed by atoms with Gasteiger partial charge in [0.15, 0.2) is 0 Å². The number of thiophene rings is 1. The third-order valence-corrected chi connectivity index (χ3v) is 6.24. The second-order valence-corrected chi connectivity index (χ2v) is 8.13. The van der Waals surface area contributed by atoms with Crippen LogP contribution in [0.2, 0.25) is 0 Å². The van der Waals surface area contributed by atoms with Crippen LogP contribution < -0.4 is 0 Å². The van der Waals surface area contributed by atoms with Gasteiger partial charge < -0.3 is 4.74 Å². The molecule has 3 rings (SSSR count). The van der Waals surface area contributed by atoms with E-state index < -0.39 is 0 Å². The number of hydrogen-bond acceptors (Lipinski definition) is 6. The molecule has 6 heteroatoms. The molecule has 2 heterocycles. The van der Waals surface area contributed by atoms with Gasteiger partial charge in [-0.05, 0) is 43.9 Å². The number of nitrogens with zero attached hydrogens (tertiary/aromatic N) is 2. The van der Waals surface area contributed by atoms with E-state index in [4.69, 9.17) is 4.74 Å². The lowest BCUT2D eigenvalue weighted by Crippen LogP contribution is -2.15. The Bertz CT molecular complexity index is 937. The van der Waals surface area contributed by atoms with Crippen LogP contribution in [0, 0.1) is 13.8 Å². The highest BCUT2D eigenvalue weighted by Crippen LogP contribution is 2.38. The molecule has 0 fully saturated rings. The second-order valence-electron chi connectivity index (χ2n) is 6.30. The number of thioether (sulfide) groups is 1. The average molecular weight is 387 g/mol. The fraction of sp³-hybridized carbons (Fsp3) is 0.350. The van der Waals surface area contributed by atoms with Gasteiger partial charge >= 0.3 is 5.97 Å². The van der Waals surface area contributed by atoms with Crippen molar-refractivity contribution < 1.29 is 9.53 Å². The molecule has 0 N–H and O–H groups in total. The Morgan fingerprint density at radius 3 is 2.81 bits per heavy atom. The van der Waals surface area contributed by atoms with Gasteiger partial charge in [0.05, 0.1) is 17.2 Å². The van der Waals surface area contributed by atoms with Crippen LogP contribution in [0.3, 0.4) is 0 Å².